The van der Waals surface area contributed by atoms with Crippen LogP contribution in [0.25, 0.3) is 56.8 Å². The zero-order chi connectivity index (χ0) is 37.8. The van der Waals surface area contributed by atoms with E-state index in [4.69, 9.17) is 9.41 Å². The topological polar surface area (TPSA) is 27.1 Å². The lowest BCUT2D eigenvalue weighted by atomic mass is 10.0. The van der Waals surface area contributed by atoms with E-state index in [1.807, 2.05) is 6.08 Å². The van der Waals surface area contributed by atoms with Crippen molar-refractivity contribution in [3.8, 4) is 56.5 Å². The minimum atomic E-state index is -2.98. The largest absolute Gasteiger partial charge is 0.533 e. The van der Waals surface area contributed by atoms with E-state index in [9.17, 15) is 0 Å². The van der Waals surface area contributed by atoms with Crippen molar-refractivity contribution in [2.24, 2.45) is 0 Å². The molecule has 268 valence electrons. The highest BCUT2D eigenvalue weighted by atomic mass is 28.4. The number of hydrogen-bond donors (Lipinski definition) is 0. The summed E-state index contributed by atoms with van der Waals surface area (Å²) in [7, 11) is -2.98. The Morgan fingerprint density at radius 2 is 1.00 bits per heavy atom. The molecule has 7 aromatic carbocycles. The van der Waals surface area contributed by atoms with Gasteiger partial charge >= 0.3 is 8.32 Å². The molecule has 0 N–H and O–H groups in total. The van der Waals surface area contributed by atoms with Gasteiger partial charge in [0.15, 0.2) is 0 Å². The van der Waals surface area contributed by atoms with Crippen molar-refractivity contribution in [2.45, 2.75) is 25.8 Å². The van der Waals surface area contributed by atoms with Crippen molar-refractivity contribution < 1.29 is 4.43 Å². The van der Waals surface area contributed by atoms with Gasteiger partial charge in [-0.05, 0) is 56.4 Å². The van der Waals surface area contributed by atoms with Crippen LogP contribution in [-0.2, 0) is 0 Å². The van der Waals surface area contributed by atoms with E-state index in [0.717, 1.165) is 62.0 Å². The summed E-state index contributed by atoms with van der Waals surface area (Å²) in [4.78, 5) is 5.59. The lowest BCUT2D eigenvalue weighted by molar-refractivity contribution is 0.509. The molecule has 0 atom stereocenters. The molecule has 0 saturated carbocycles. The SMILES string of the molecule is C=Cc1ccc(-c2ccc(-n3c(-c4ccccc4O[Si](c4ccccc4)(c4ccccc4)C(C)(C)C)nc(-c4ccccc4)c3-c3ccccc3)cc2)cc1. The molecule has 0 unspecified atom stereocenters. The van der Waals surface area contributed by atoms with E-state index in [1.54, 1.807) is 0 Å². The average Bonchev–Trinajstić information content (AvgIpc) is 3.64. The van der Waals surface area contributed by atoms with Crippen LogP contribution in [0.2, 0.25) is 5.04 Å². The highest BCUT2D eigenvalue weighted by Gasteiger charge is 2.52. The third kappa shape index (κ3) is 6.77. The Labute approximate surface area is 326 Å². The summed E-state index contributed by atoms with van der Waals surface area (Å²) < 4.78 is 10.1. The van der Waals surface area contributed by atoms with Gasteiger partial charge in [0, 0.05) is 16.8 Å². The van der Waals surface area contributed by atoms with Gasteiger partial charge in [-0.2, -0.15) is 0 Å². The first-order valence-corrected chi connectivity index (χ1v) is 20.7. The molecule has 0 aliphatic rings. The summed E-state index contributed by atoms with van der Waals surface area (Å²) in [6, 6.07) is 68.5. The predicted octanol–water partition coefficient (Wildman–Crippen LogP) is 12.1. The number of imidazole rings is 1. The summed E-state index contributed by atoms with van der Waals surface area (Å²) in [5, 5.41) is 2.22. The molecule has 8 rings (SSSR count). The summed E-state index contributed by atoms with van der Waals surface area (Å²) in [5.74, 6) is 1.62. The fraction of sp³-hybridized carbons (Fsp3) is 0.0784. The Kier molecular flexibility index (Phi) is 9.75. The van der Waals surface area contributed by atoms with Gasteiger partial charge in [0.1, 0.15) is 11.6 Å². The maximum Gasteiger partial charge on any atom is 0.319 e. The highest BCUT2D eigenvalue weighted by Crippen LogP contribution is 2.44. The minimum absolute atomic E-state index is 0.220. The molecule has 1 aromatic heterocycles. The smallest absolute Gasteiger partial charge is 0.319 e. The van der Waals surface area contributed by atoms with Crippen molar-refractivity contribution in [2.75, 3.05) is 0 Å². The average molecular weight is 729 g/mol. The van der Waals surface area contributed by atoms with Crippen LogP contribution in [0.4, 0.5) is 0 Å². The molecule has 8 aromatic rings. The molecule has 0 saturated heterocycles. The molecule has 4 heteroatoms. The Morgan fingerprint density at radius 1 is 0.527 bits per heavy atom. The van der Waals surface area contributed by atoms with E-state index in [1.165, 1.54) is 10.4 Å². The van der Waals surface area contributed by atoms with E-state index in [2.05, 4.69) is 226 Å². The Morgan fingerprint density at radius 3 is 1.53 bits per heavy atom. The van der Waals surface area contributed by atoms with Crippen LogP contribution in [0.1, 0.15) is 26.3 Å². The lowest BCUT2D eigenvalue weighted by Gasteiger charge is -2.43. The zero-order valence-electron chi connectivity index (χ0n) is 31.6. The van der Waals surface area contributed by atoms with Gasteiger partial charge in [-0.1, -0.05) is 203 Å². The van der Waals surface area contributed by atoms with E-state index in [0.29, 0.717) is 0 Å². The number of aromatic nitrogens is 2. The van der Waals surface area contributed by atoms with Crippen molar-refractivity contribution >= 4 is 24.8 Å². The molecule has 0 aliphatic carbocycles. The number of benzene rings is 7. The highest BCUT2D eigenvalue weighted by molar-refractivity contribution is 7.00. The van der Waals surface area contributed by atoms with E-state index in [-0.39, 0.29) is 5.04 Å². The molecule has 1 heterocycles. The number of hydrogen-bond acceptors (Lipinski definition) is 2. The van der Waals surface area contributed by atoms with Crippen LogP contribution in [-0.4, -0.2) is 17.9 Å². The first-order chi connectivity index (χ1) is 26.9. The standard InChI is InChI=1S/C51H44N2OSi/c1-5-38-30-32-39(33-31-38)40-34-36-43(37-35-40)53-49(42-22-12-7-13-23-42)48(41-20-10-6-11-21-41)52-50(53)46-28-18-19-29-47(46)54-55(51(2,3)4,44-24-14-8-15-25-44)45-26-16-9-17-27-45/h5-37H,1H2,2-4H3. The Hall–Kier alpha value is -6.49. The second-order valence-corrected chi connectivity index (χ2v) is 19.1. The maximum absolute atomic E-state index is 7.75. The Bertz CT molecular complexity index is 2480. The summed E-state index contributed by atoms with van der Waals surface area (Å²) in [5.41, 5.74) is 9.38. The molecule has 0 fully saturated rings. The summed E-state index contributed by atoms with van der Waals surface area (Å²) in [6.07, 6.45) is 1.87. The van der Waals surface area contributed by atoms with Crippen molar-refractivity contribution in [1.29, 1.82) is 0 Å². The molecule has 0 spiro atoms. The summed E-state index contributed by atoms with van der Waals surface area (Å²) >= 11 is 0. The van der Waals surface area contributed by atoms with E-state index >= 15 is 0 Å². The van der Waals surface area contributed by atoms with Crippen LogP contribution < -0.4 is 14.8 Å². The van der Waals surface area contributed by atoms with Crippen LogP contribution in [0.5, 0.6) is 5.75 Å². The van der Waals surface area contributed by atoms with Crippen molar-refractivity contribution in [3.05, 3.63) is 206 Å². The summed E-state index contributed by atoms with van der Waals surface area (Å²) in [6.45, 7) is 10.9. The molecule has 3 nitrogen and oxygen atoms in total. The lowest BCUT2D eigenvalue weighted by Crippen LogP contribution is -2.68. The molecule has 0 amide bonds. The molecule has 0 aliphatic heterocycles. The van der Waals surface area contributed by atoms with Gasteiger partial charge in [0.05, 0.1) is 17.0 Å². The first-order valence-electron chi connectivity index (χ1n) is 18.8. The van der Waals surface area contributed by atoms with Gasteiger partial charge in [0.25, 0.3) is 0 Å². The fourth-order valence-electron chi connectivity index (χ4n) is 7.68. The zero-order valence-corrected chi connectivity index (χ0v) is 32.6. The van der Waals surface area contributed by atoms with Crippen LogP contribution in [0.3, 0.4) is 0 Å². The van der Waals surface area contributed by atoms with Gasteiger partial charge in [-0.3, -0.25) is 4.57 Å². The third-order valence-corrected chi connectivity index (χ3v) is 15.3. The van der Waals surface area contributed by atoms with Gasteiger partial charge < -0.3 is 4.43 Å². The van der Waals surface area contributed by atoms with Gasteiger partial charge in [-0.25, -0.2) is 4.98 Å². The normalized spacial score (nSPS) is 11.6. The van der Waals surface area contributed by atoms with Crippen molar-refractivity contribution in [3.63, 3.8) is 0 Å². The molecular weight excluding hydrogens is 685 g/mol. The quantitative estimate of drug-likeness (QED) is 0.131. The second kappa shape index (κ2) is 15.1. The predicted molar refractivity (Wildman–Crippen MR) is 234 cm³/mol. The molecule has 55 heavy (non-hydrogen) atoms. The third-order valence-electron chi connectivity index (χ3n) is 10.4. The van der Waals surface area contributed by atoms with Crippen LogP contribution >= 0.6 is 0 Å². The number of para-hydroxylation sites is 1. The number of rotatable bonds is 10. The van der Waals surface area contributed by atoms with Gasteiger partial charge in [0.2, 0.25) is 0 Å². The molecule has 0 bridgehead atoms. The molecule has 0 radical (unpaired) electrons. The van der Waals surface area contributed by atoms with E-state index < -0.39 is 8.32 Å². The molecular formula is C51H44N2OSi. The van der Waals surface area contributed by atoms with Crippen LogP contribution in [0.15, 0.2) is 201 Å². The van der Waals surface area contributed by atoms with Gasteiger partial charge in [-0.15, -0.1) is 0 Å². The second-order valence-electron chi connectivity index (χ2n) is 14.8. The maximum atomic E-state index is 7.75. The van der Waals surface area contributed by atoms with Crippen molar-refractivity contribution in [1.82, 2.24) is 9.55 Å². The Balaban J connectivity index is 1.38. The fourth-order valence-corrected chi connectivity index (χ4v) is 12.1. The van der Waals surface area contributed by atoms with Crippen LogP contribution in [0, 0.1) is 0 Å². The number of nitrogens with zero attached hydrogens (tertiary/aromatic N) is 2. The minimum Gasteiger partial charge on any atom is -0.533 e. The first kappa shape index (κ1) is 35.5. The monoisotopic (exact) mass is 728 g/mol.